The lowest BCUT2D eigenvalue weighted by molar-refractivity contribution is 0.102. The van der Waals surface area contributed by atoms with Gasteiger partial charge in [-0.2, -0.15) is 0 Å². The molecule has 0 atom stereocenters. The number of carbonyl (C=O) groups is 1. The van der Waals surface area contributed by atoms with E-state index in [2.05, 4.69) is 10.3 Å². The van der Waals surface area contributed by atoms with E-state index < -0.39 is 5.82 Å². The van der Waals surface area contributed by atoms with Crippen molar-refractivity contribution in [1.29, 1.82) is 0 Å². The van der Waals surface area contributed by atoms with E-state index in [1.165, 1.54) is 18.2 Å². The van der Waals surface area contributed by atoms with Gasteiger partial charge in [0.25, 0.3) is 11.5 Å². The largest absolute Gasteiger partial charge is 0.322 e. The third-order valence-corrected chi connectivity index (χ3v) is 4.91. The van der Waals surface area contributed by atoms with E-state index in [9.17, 15) is 14.0 Å². The molecule has 4 nitrogen and oxygen atoms in total. The van der Waals surface area contributed by atoms with Crippen LogP contribution in [0.5, 0.6) is 0 Å². The molecule has 3 aromatic carbocycles. The number of pyridine rings is 1. The van der Waals surface area contributed by atoms with Crippen LogP contribution in [0.25, 0.3) is 21.7 Å². The highest BCUT2D eigenvalue weighted by molar-refractivity contribution is 6.15. The number of hydrogen-bond acceptors (Lipinski definition) is 2. The van der Waals surface area contributed by atoms with Gasteiger partial charge in [0.1, 0.15) is 5.82 Å². The van der Waals surface area contributed by atoms with Crippen LogP contribution in [-0.4, -0.2) is 10.9 Å². The van der Waals surface area contributed by atoms with E-state index in [0.717, 1.165) is 27.4 Å². The standard InChI is InChI=1S/C21H13FN2O2/c22-13-5-1-4-12(9-13)20(25)23-16-7-8-17-19-15(16)10-11-3-2-6-14(18(11)19)21(26)24-17/h1-9H,10H2,(H,23,25)(H,24,26). The van der Waals surface area contributed by atoms with Crippen LogP contribution >= 0.6 is 0 Å². The molecule has 0 spiro atoms. The Morgan fingerprint density at radius 2 is 1.88 bits per heavy atom. The van der Waals surface area contributed by atoms with Crippen LogP contribution in [0.4, 0.5) is 10.1 Å². The summed E-state index contributed by atoms with van der Waals surface area (Å²) < 4.78 is 13.4. The van der Waals surface area contributed by atoms with E-state index in [1.54, 1.807) is 18.2 Å². The molecule has 1 amide bonds. The minimum atomic E-state index is -0.451. The minimum Gasteiger partial charge on any atom is -0.322 e. The molecule has 1 aromatic heterocycles. The average molecular weight is 344 g/mol. The highest BCUT2D eigenvalue weighted by Crippen LogP contribution is 2.39. The SMILES string of the molecule is O=C(Nc1ccc2[nH]c(=O)c3cccc4c3c2c1C4)c1cccc(F)c1. The zero-order chi connectivity index (χ0) is 17.8. The van der Waals surface area contributed by atoms with Crippen LogP contribution in [0, 0.1) is 5.82 Å². The van der Waals surface area contributed by atoms with Crippen molar-refractivity contribution in [3.05, 3.63) is 87.5 Å². The molecular weight excluding hydrogens is 331 g/mol. The fourth-order valence-corrected chi connectivity index (χ4v) is 3.77. The minimum absolute atomic E-state index is 0.112. The summed E-state index contributed by atoms with van der Waals surface area (Å²) in [7, 11) is 0. The van der Waals surface area contributed by atoms with Crippen molar-refractivity contribution in [2.75, 3.05) is 5.32 Å². The highest BCUT2D eigenvalue weighted by atomic mass is 19.1. The summed E-state index contributed by atoms with van der Waals surface area (Å²) in [5.41, 5.74) is 3.62. The molecule has 0 bridgehead atoms. The van der Waals surface area contributed by atoms with Crippen LogP contribution in [0.1, 0.15) is 21.5 Å². The van der Waals surface area contributed by atoms with Gasteiger partial charge >= 0.3 is 0 Å². The molecule has 5 heteroatoms. The lowest BCUT2D eigenvalue weighted by atomic mass is 10.1. The van der Waals surface area contributed by atoms with Gasteiger partial charge in [-0.05, 0) is 47.5 Å². The Morgan fingerprint density at radius 1 is 1.04 bits per heavy atom. The van der Waals surface area contributed by atoms with Gasteiger partial charge < -0.3 is 10.3 Å². The number of rotatable bonds is 2. The summed E-state index contributed by atoms with van der Waals surface area (Å²) in [6, 6.07) is 14.8. The van der Waals surface area contributed by atoms with Gasteiger partial charge in [-0.25, -0.2) is 4.39 Å². The van der Waals surface area contributed by atoms with Gasteiger partial charge in [-0.3, -0.25) is 9.59 Å². The van der Waals surface area contributed by atoms with Crippen molar-refractivity contribution in [3.8, 4) is 0 Å². The second-order valence-corrected chi connectivity index (χ2v) is 6.45. The number of aromatic amines is 1. The molecule has 1 heterocycles. The van der Waals surface area contributed by atoms with Crippen molar-refractivity contribution in [3.63, 3.8) is 0 Å². The molecular formula is C21H13FN2O2. The number of hydrogen-bond donors (Lipinski definition) is 2. The predicted molar refractivity (Wildman–Crippen MR) is 99.2 cm³/mol. The summed E-state index contributed by atoms with van der Waals surface area (Å²) >= 11 is 0. The molecule has 0 aliphatic heterocycles. The first-order valence-corrected chi connectivity index (χ1v) is 8.28. The van der Waals surface area contributed by atoms with Crippen LogP contribution < -0.4 is 10.9 Å². The van der Waals surface area contributed by atoms with E-state index >= 15 is 0 Å². The molecule has 26 heavy (non-hydrogen) atoms. The summed E-state index contributed by atoms with van der Waals surface area (Å²) in [4.78, 5) is 27.7. The highest BCUT2D eigenvalue weighted by Gasteiger charge is 2.22. The number of H-pyrrole nitrogens is 1. The number of nitrogens with one attached hydrogen (secondary N) is 2. The van der Waals surface area contributed by atoms with Crippen LogP contribution in [0.2, 0.25) is 0 Å². The first kappa shape index (κ1) is 14.8. The zero-order valence-electron chi connectivity index (χ0n) is 13.6. The molecule has 0 fully saturated rings. The van der Waals surface area contributed by atoms with Crippen molar-refractivity contribution in [2.45, 2.75) is 6.42 Å². The van der Waals surface area contributed by atoms with E-state index in [1.807, 2.05) is 18.2 Å². The van der Waals surface area contributed by atoms with E-state index in [4.69, 9.17) is 0 Å². The van der Waals surface area contributed by atoms with Crippen molar-refractivity contribution in [1.82, 2.24) is 4.98 Å². The number of amides is 1. The quantitative estimate of drug-likeness (QED) is 0.476. The number of carbonyl (C=O) groups excluding carboxylic acids is 1. The molecule has 1 aliphatic carbocycles. The molecule has 2 N–H and O–H groups in total. The van der Waals surface area contributed by atoms with Crippen molar-refractivity contribution < 1.29 is 9.18 Å². The zero-order valence-corrected chi connectivity index (χ0v) is 13.6. The molecule has 0 unspecified atom stereocenters. The van der Waals surface area contributed by atoms with E-state index in [0.29, 0.717) is 17.5 Å². The molecule has 0 saturated carbocycles. The lowest BCUT2D eigenvalue weighted by Gasteiger charge is -2.11. The molecule has 126 valence electrons. The molecule has 0 radical (unpaired) electrons. The fourth-order valence-electron chi connectivity index (χ4n) is 3.77. The van der Waals surface area contributed by atoms with Crippen LogP contribution in [-0.2, 0) is 6.42 Å². The summed E-state index contributed by atoms with van der Waals surface area (Å²) in [6.07, 6.45) is 0.639. The predicted octanol–water partition coefficient (Wildman–Crippen LogP) is 3.98. The molecule has 0 saturated heterocycles. The lowest BCUT2D eigenvalue weighted by Crippen LogP contribution is -2.13. The van der Waals surface area contributed by atoms with Gasteiger partial charge in [0.05, 0.1) is 0 Å². The van der Waals surface area contributed by atoms with Crippen molar-refractivity contribution >= 4 is 33.3 Å². The first-order valence-electron chi connectivity index (χ1n) is 8.28. The maximum atomic E-state index is 13.4. The Hall–Kier alpha value is -3.47. The Balaban J connectivity index is 1.67. The van der Waals surface area contributed by atoms with Gasteiger partial charge in [0.2, 0.25) is 0 Å². The van der Waals surface area contributed by atoms with E-state index in [-0.39, 0.29) is 17.0 Å². The maximum Gasteiger partial charge on any atom is 0.256 e. The van der Waals surface area contributed by atoms with Crippen molar-refractivity contribution in [2.24, 2.45) is 0 Å². The molecule has 1 aliphatic rings. The smallest absolute Gasteiger partial charge is 0.256 e. The first-order chi connectivity index (χ1) is 12.6. The maximum absolute atomic E-state index is 13.4. The Bertz CT molecular complexity index is 1290. The monoisotopic (exact) mass is 344 g/mol. The summed E-state index contributed by atoms with van der Waals surface area (Å²) in [6.45, 7) is 0. The Morgan fingerprint density at radius 3 is 2.73 bits per heavy atom. The Kier molecular flexibility index (Phi) is 3.00. The number of anilines is 1. The van der Waals surface area contributed by atoms with Crippen LogP contribution in [0.15, 0.2) is 59.4 Å². The fraction of sp³-hybridized carbons (Fsp3) is 0.0476. The van der Waals surface area contributed by atoms with Gasteiger partial charge in [-0.15, -0.1) is 0 Å². The summed E-state index contributed by atoms with van der Waals surface area (Å²) in [5.74, 6) is -0.816. The van der Waals surface area contributed by atoms with Gasteiger partial charge in [0, 0.05) is 39.3 Å². The number of aromatic nitrogens is 1. The van der Waals surface area contributed by atoms with Gasteiger partial charge in [0.15, 0.2) is 0 Å². The van der Waals surface area contributed by atoms with Gasteiger partial charge in [-0.1, -0.05) is 18.2 Å². The average Bonchev–Trinajstić information content (AvgIpc) is 3.03. The third-order valence-electron chi connectivity index (χ3n) is 4.91. The summed E-state index contributed by atoms with van der Waals surface area (Å²) in [5, 5.41) is 5.45. The topological polar surface area (TPSA) is 62.0 Å². The third kappa shape index (κ3) is 2.07. The second-order valence-electron chi connectivity index (χ2n) is 6.45. The number of halogens is 1. The molecule has 5 rings (SSSR count). The van der Waals surface area contributed by atoms with Crippen LogP contribution in [0.3, 0.4) is 0 Å². The number of benzene rings is 3. The second kappa shape index (κ2) is 5.26. The molecule has 4 aromatic rings. The Labute approximate surface area is 147 Å². The normalized spacial score (nSPS) is 12.2.